The number of benzene rings is 1. The molecule has 2 aromatic rings. The molecule has 0 aliphatic carbocycles. The van der Waals surface area contributed by atoms with E-state index in [1.165, 1.54) is 11.8 Å². The Morgan fingerprint density at radius 3 is 2.85 bits per heavy atom. The highest BCUT2D eigenvalue weighted by atomic mass is 79.9. The molecule has 0 radical (unpaired) electrons. The number of nitrogens with zero attached hydrogens (tertiary/aromatic N) is 2. The van der Waals surface area contributed by atoms with Crippen LogP contribution in [0.5, 0.6) is 0 Å². The van der Waals surface area contributed by atoms with Crippen molar-refractivity contribution in [3.05, 3.63) is 45.1 Å². The van der Waals surface area contributed by atoms with Crippen molar-refractivity contribution in [3.63, 3.8) is 0 Å². The van der Waals surface area contributed by atoms with Crippen LogP contribution >= 0.6 is 39.3 Å². The molecule has 20 heavy (non-hydrogen) atoms. The number of hydrogen-bond donors (Lipinski definition) is 1. The Hall–Kier alpha value is -1.11. The topological polar surface area (TPSA) is 54.9 Å². The Bertz CT molecular complexity index is 666. The molecule has 0 saturated carbocycles. The Morgan fingerprint density at radius 1 is 1.45 bits per heavy atom. The number of aromatic nitrogens is 2. The lowest BCUT2D eigenvalue weighted by Gasteiger charge is -2.08. The zero-order valence-electron chi connectivity index (χ0n) is 10.8. The van der Waals surface area contributed by atoms with Crippen LogP contribution in [0, 0.1) is 6.92 Å². The fourth-order valence-electron chi connectivity index (χ4n) is 1.47. The number of carbonyl (C=O) groups is 1. The van der Waals surface area contributed by atoms with Crippen LogP contribution in [0.25, 0.3) is 0 Å². The minimum absolute atomic E-state index is 0.293. The zero-order chi connectivity index (χ0) is 14.7. The predicted octanol–water partition coefficient (Wildman–Crippen LogP) is 4.18. The van der Waals surface area contributed by atoms with Crippen molar-refractivity contribution in [2.45, 2.75) is 12.1 Å². The van der Waals surface area contributed by atoms with Crippen molar-refractivity contribution in [2.75, 3.05) is 11.6 Å². The third-order valence-electron chi connectivity index (χ3n) is 2.55. The highest BCUT2D eigenvalue weighted by molar-refractivity contribution is 9.10. The monoisotopic (exact) mass is 371 g/mol. The van der Waals surface area contributed by atoms with Gasteiger partial charge in [0.05, 0.1) is 4.47 Å². The van der Waals surface area contributed by atoms with Crippen molar-refractivity contribution in [1.82, 2.24) is 9.97 Å². The second-order valence-corrected chi connectivity index (χ2v) is 6.01. The largest absolute Gasteiger partial charge is 0.321 e. The first-order valence-electron chi connectivity index (χ1n) is 5.65. The van der Waals surface area contributed by atoms with Gasteiger partial charge in [-0.2, -0.15) is 0 Å². The second-order valence-electron chi connectivity index (χ2n) is 3.97. The summed E-state index contributed by atoms with van der Waals surface area (Å²) < 4.78 is 0.547. The summed E-state index contributed by atoms with van der Waals surface area (Å²) in [5.41, 5.74) is 1.88. The number of amides is 1. The van der Waals surface area contributed by atoms with E-state index in [4.69, 9.17) is 11.6 Å². The van der Waals surface area contributed by atoms with Gasteiger partial charge >= 0.3 is 0 Å². The van der Waals surface area contributed by atoms with Gasteiger partial charge in [0.2, 0.25) is 0 Å². The average molecular weight is 373 g/mol. The summed E-state index contributed by atoms with van der Waals surface area (Å²) in [5, 5.41) is 3.91. The minimum atomic E-state index is -0.311. The van der Waals surface area contributed by atoms with Gasteiger partial charge in [0.25, 0.3) is 5.91 Å². The second kappa shape index (κ2) is 6.56. The first kappa shape index (κ1) is 15.3. The quantitative estimate of drug-likeness (QED) is 0.649. The average Bonchev–Trinajstić information content (AvgIpc) is 2.43. The maximum atomic E-state index is 12.2. The molecule has 104 valence electrons. The molecular weight excluding hydrogens is 362 g/mol. The van der Waals surface area contributed by atoms with Crippen molar-refractivity contribution < 1.29 is 4.79 Å². The summed E-state index contributed by atoms with van der Waals surface area (Å²) in [6, 6.07) is 5.35. The molecule has 0 bridgehead atoms. The molecular formula is C13H11BrClN3OS. The molecule has 1 aromatic carbocycles. The molecule has 7 heteroatoms. The Labute approximate surface area is 134 Å². The molecule has 4 nitrogen and oxygen atoms in total. The van der Waals surface area contributed by atoms with Crippen LogP contribution < -0.4 is 5.32 Å². The van der Waals surface area contributed by atoms with Crippen LogP contribution in [-0.2, 0) is 0 Å². The number of carbonyl (C=O) groups excluding carboxylic acids is 1. The van der Waals surface area contributed by atoms with Crippen LogP contribution in [0.4, 0.5) is 5.69 Å². The van der Waals surface area contributed by atoms with E-state index in [1.54, 1.807) is 18.3 Å². The van der Waals surface area contributed by atoms with Gasteiger partial charge in [-0.15, -0.1) is 0 Å². The van der Waals surface area contributed by atoms with Crippen LogP contribution in [0.15, 0.2) is 34.0 Å². The van der Waals surface area contributed by atoms with Gasteiger partial charge in [0.15, 0.2) is 5.16 Å². The molecule has 2 rings (SSSR count). The summed E-state index contributed by atoms with van der Waals surface area (Å²) in [6.45, 7) is 1.90. The maximum Gasteiger partial charge on any atom is 0.275 e. The SMILES string of the molecule is CSc1ncc(Br)c(C(=O)Nc2ccc(C)c(Cl)c2)n1. The summed E-state index contributed by atoms with van der Waals surface area (Å²) in [5.74, 6) is -0.311. The number of halogens is 2. The Balaban J connectivity index is 2.25. The van der Waals surface area contributed by atoms with E-state index in [9.17, 15) is 4.79 Å². The van der Waals surface area contributed by atoms with Crippen molar-refractivity contribution >= 4 is 50.9 Å². The van der Waals surface area contributed by atoms with E-state index in [0.717, 1.165) is 5.56 Å². The normalized spacial score (nSPS) is 10.4. The van der Waals surface area contributed by atoms with Gasteiger partial charge in [-0.1, -0.05) is 29.4 Å². The number of thioether (sulfide) groups is 1. The molecule has 1 aromatic heterocycles. The Morgan fingerprint density at radius 2 is 2.20 bits per heavy atom. The highest BCUT2D eigenvalue weighted by Crippen LogP contribution is 2.22. The van der Waals surface area contributed by atoms with Gasteiger partial charge in [0.1, 0.15) is 5.69 Å². The van der Waals surface area contributed by atoms with Gasteiger partial charge in [-0.05, 0) is 46.8 Å². The molecule has 0 unspecified atom stereocenters. The molecule has 1 N–H and O–H groups in total. The lowest BCUT2D eigenvalue weighted by Crippen LogP contribution is -2.15. The number of hydrogen-bond acceptors (Lipinski definition) is 4. The molecule has 0 atom stereocenters. The number of rotatable bonds is 3. The maximum absolute atomic E-state index is 12.2. The van der Waals surface area contributed by atoms with E-state index in [2.05, 4.69) is 31.2 Å². The standard InChI is InChI=1S/C13H11BrClN3OS/c1-7-3-4-8(5-10(7)15)17-12(19)11-9(14)6-16-13(18-11)20-2/h3-6H,1-2H3,(H,17,19). The lowest BCUT2D eigenvalue weighted by molar-refractivity contribution is 0.102. The van der Waals surface area contributed by atoms with Crippen LogP contribution in [-0.4, -0.2) is 22.1 Å². The van der Waals surface area contributed by atoms with Gasteiger partial charge in [-0.3, -0.25) is 4.79 Å². The van der Waals surface area contributed by atoms with E-state index in [0.29, 0.717) is 26.0 Å². The summed E-state index contributed by atoms with van der Waals surface area (Å²) in [6.07, 6.45) is 3.42. The van der Waals surface area contributed by atoms with E-state index < -0.39 is 0 Å². The van der Waals surface area contributed by atoms with E-state index in [-0.39, 0.29) is 5.91 Å². The summed E-state index contributed by atoms with van der Waals surface area (Å²) >= 11 is 10.7. The lowest BCUT2D eigenvalue weighted by atomic mass is 10.2. The van der Waals surface area contributed by atoms with Crippen molar-refractivity contribution in [1.29, 1.82) is 0 Å². The number of aryl methyl sites for hydroxylation is 1. The van der Waals surface area contributed by atoms with Crippen LogP contribution in [0.1, 0.15) is 16.1 Å². The predicted molar refractivity (Wildman–Crippen MR) is 85.7 cm³/mol. The van der Waals surface area contributed by atoms with E-state index >= 15 is 0 Å². The molecule has 0 fully saturated rings. The van der Waals surface area contributed by atoms with Gasteiger partial charge in [-0.25, -0.2) is 9.97 Å². The molecule has 0 aliphatic rings. The third-order valence-corrected chi connectivity index (χ3v) is 4.10. The molecule has 0 spiro atoms. The first-order valence-corrected chi connectivity index (χ1v) is 8.05. The third kappa shape index (κ3) is 3.50. The smallest absolute Gasteiger partial charge is 0.275 e. The summed E-state index contributed by atoms with van der Waals surface area (Å²) in [4.78, 5) is 20.5. The van der Waals surface area contributed by atoms with Gasteiger partial charge in [0, 0.05) is 16.9 Å². The first-order chi connectivity index (χ1) is 9.51. The molecule has 1 heterocycles. The molecule has 1 amide bonds. The van der Waals surface area contributed by atoms with Crippen molar-refractivity contribution in [2.24, 2.45) is 0 Å². The highest BCUT2D eigenvalue weighted by Gasteiger charge is 2.14. The Kier molecular flexibility index (Phi) is 5.01. The fourth-order valence-corrected chi connectivity index (χ4v) is 2.36. The number of anilines is 1. The van der Waals surface area contributed by atoms with E-state index in [1.807, 2.05) is 19.2 Å². The fraction of sp³-hybridized carbons (Fsp3) is 0.154. The number of nitrogens with one attached hydrogen (secondary N) is 1. The van der Waals surface area contributed by atoms with Crippen LogP contribution in [0.2, 0.25) is 5.02 Å². The zero-order valence-corrected chi connectivity index (χ0v) is 13.9. The van der Waals surface area contributed by atoms with Gasteiger partial charge < -0.3 is 5.32 Å². The summed E-state index contributed by atoms with van der Waals surface area (Å²) in [7, 11) is 0. The van der Waals surface area contributed by atoms with Crippen molar-refractivity contribution in [3.8, 4) is 0 Å². The molecule has 0 saturated heterocycles. The van der Waals surface area contributed by atoms with Crippen LogP contribution in [0.3, 0.4) is 0 Å². The minimum Gasteiger partial charge on any atom is -0.321 e. The molecule has 0 aliphatic heterocycles.